The molecule has 1 aliphatic carbocycles. The van der Waals surface area contributed by atoms with Crippen LogP contribution in [-0.4, -0.2) is 71.9 Å². The monoisotopic (exact) mass is 534 g/mol. The molecule has 0 spiro atoms. The van der Waals surface area contributed by atoms with Crippen LogP contribution in [0.3, 0.4) is 0 Å². The number of carbonyl (C=O) groups excluding carboxylic acids is 3. The Bertz CT molecular complexity index is 1140. The zero-order chi connectivity index (χ0) is 28.1. The van der Waals surface area contributed by atoms with Gasteiger partial charge in [0.15, 0.2) is 0 Å². The Morgan fingerprint density at radius 3 is 2.21 bits per heavy atom. The van der Waals surface area contributed by atoms with Crippen molar-refractivity contribution in [2.75, 3.05) is 20.2 Å². The highest BCUT2D eigenvalue weighted by Crippen LogP contribution is 2.28. The molecule has 1 aliphatic heterocycles. The summed E-state index contributed by atoms with van der Waals surface area (Å²) in [4.78, 5) is 44.6. The van der Waals surface area contributed by atoms with Gasteiger partial charge in [-0.1, -0.05) is 31.5 Å². The second-order valence-corrected chi connectivity index (χ2v) is 11.4. The van der Waals surface area contributed by atoms with Gasteiger partial charge in [0.25, 0.3) is 11.8 Å². The number of nitrogens with zero attached hydrogens (tertiary/aromatic N) is 2. The SMILES string of the molecule is COc1ccc(C(=O)N(CC(C)C)C2CC(C(=O)NC3CCC(N)CC3)N(C(=O)c3ccc(C)cc3)C2)cc1. The average Bonchev–Trinajstić information content (AvgIpc) is 3.38. The minimum atomic E-state index is -0.655. The predicted molar refractivity (Wildman–Crippen MR) is 152 cm³/mol. The first-order valence-corrected chi connectivity index (χ1v) is 14.0. The van der Waals surface area contributed by atoms with E-state index in [-0.39, 0.29) is 41.8 Å². The number of carbonyl (C=O) groups is 3. The van der Waals surface area contributed by atoms with Crippen LogP contribution in [0.1, 0.15) is 72.2 Å². The van der Waals surface area contributed by atoms with Crippen molar-refractivity contribution in [1.29, 1.82) is 0 Å². The van der Waals surface area contributed by atoms with Crippen LogP contribution in [0.2, 0.25) is 0 Å². The van der Waals surface area contributed by atoms with Crippen molar-refractivity contribution in [2.24, 2.45) is 11.7 Å². The summed E-state index contributed by atoms with van der Waals surface area (Å²) in [6.45, 7) is 6.93. The van der Waals surface area contributed by atoms with Crippen LogP contribution in [0.5, 0.6) is 5.75 Å². The number of benzene rings is 2. The summed E-state index contributed by atoms with van der Waals surface area (Å²) in [5, 5.41) is 3.19. The lowest BCUT2D eigenvalue weighted by molar-refractivity contribution is -0.125. The van der Waals surface area contributed by atoms with Gasteiger partial charge in [-0.25, -0.2) is 0 Å². The summed E-state index contributed by atoms with van der Waals surface area (Å²) in [6.07, 6.45) is 3.82. The van der Waals surface area contributed by atoms with Crippen molar-refractivity contribution in [3.8, 4) is 5.75 Å². The van der Waals surface area contributed by atoms with Gasteiger partial charge in [0.1, 0.15) is 11.8 Å². The van der Waals surface area contributed by atoms with E-state index >= 15 is 0 Å². The van der Waals surface area contributed by atoms with Gasteiger partial charge >= 0.3 is 0 Å². The quantitative estimate of drug-likeness (QED) is 0.537. The van der Waals surface area contributed by atoms with Crippen LogP contribution in [0, 0.1) is 12.8 Å². The molecule has 2 aromatic carbocycles. The van der Waals surface area contributed by atoms with E-state index in [0.717, 1.165) is 31.2 Å². The lowest BCUT2D eigenvalue weighted by Crippen LogP contribution is -2.50. The molecule has 4 rings (SSSR count). The van der Waals surface area contributed by atoms with Crippen LogP contribution in [0.15, 0.2) is 48.5 Å². The second-order valence-electron chi connectivity index (χ2n) is 11.4. The van der Waals surface area contributed by atoms with Crippen molar-refractivity contribution < 1.29 is 19.1 Å². The van der Waals surface area contributed by atoms with Crippen molar-refractivity contribution in [3.63, 3.8) is 0 Å². The lowest BCUT2D eigenvalue weighted by Gasteiger charge is -2.31. The third kappa shape index (κ3) is 6.98. The first-order chi connectivity index (χ1) is 18.7. The predicted octanol–water partition coefficient (Wildman–Crippen LogP) is 3.77. The molecule has 210 valence electrons. The molecule has 1 saturated carbocycles. The number of rotatable bonds is 8. The number of ether oxygens (including phenoxy) is 1. The number of hydrogen-bond donors (Lipinski definition) is 2. The molecule has 1 heterocycles. The normalized spacial score (nSPS) is 23.0. The molecule has 3 N–H and O–H groups in total. The highest BCUT2D eigenvalue weighted by molar-refractivity contribution is 5.99. The van der Waals surface area contributed by atoms with Crippen LogP contribution >= 0.6 is 0 Å². The van der Waals surface area contributed by atoms with E-state index in [4.69, 9.17) is 10.5 Å². The zero-order valence-corrected chi connectivity index (χ0v) is 23.6. The molecule has 0 bridgehead atoms. The van der Waals surface area contributed by atoms with Gasteiger partial charge in [0, 0.05) is 36.3 Å². The second kappa shape index (κ2) is 12.6. The van der Waals surface area contributed by atoms with Crippen LogP contribution in [-0.2, 0) is 4.79 Å². The molecular formula is C31H42N4O4. The largest absolute Gasteiger partial charge is 0.497 e. The van der Waals surface area contributed by atoms with Gasteiger partial charge in [-0.05, 0) is 81.3 Å². The minimum absolute atomic E-state index is 0.0559. The maximum atomic E-state index is 13.7. The molecule has 2 aliphatic rings. The first-order valence-electron chi connectivity index (χ1n) is 14.0. The molecule has 0 radical (unpaired) electrons. The zero-order valence-electron chi connectivity index (χ0n) is 23.6. The Kier molecular flexibility index (Phi) is 9.28. The summed E-state index contributed by atoms with van der Waals surface area (Å²) in [5.74, 6) is 0.442. The smallest absolute Gasteiger partial charge is 0.254 e. The molecule has 1 saturated heterocycles. The summed E-state index contributed by atoms with van der Waals surface area (Å²) < 4.78 is 5.25. The summed E-state index contributed by atoms with van der Waals surface area (Å²) in [5.41, 5.74) is 8.22. The number of amides is 3. The van der Waals surface area contributed by atoms with Gasteiger partial charge < -0.3 is 25.6 Å². The number of likely N-dealkylation sites (tertiary alicyclic amines) is 1. The van der Waals surface area contributed by atoms with E-state index in [0.29, 0.717) is 36.4 Å². The third-order valence-electron chi connectivity index (χ3n) is 7.86. The van der Waals surface area contributed by atoms with Gasteiger partial charge in [0.05, 0.1) is 13.2 Å². The third-order valence-corrected chi connectivity index (χ3v) is 7.86. The van der Waals surface area contributed by atoms with Crippen molar-refractivity contribution in [1.82, 2.24) is 15.1 Å². The molecule has 2 unspecified atom stereocenters. The molecule has 0 aromatic heterocycles. The van der Waals surface area contributed by atoms with Gasteiger partial charge in [0.2, 0.25) is 5.91 Å². The number of nitrogens with one attached hydrogen (secondary N) is 1. The highest BCUT2D eigenvalue weighted by atomic mass is 16.5. The van der Waals surface area contributed by atoms with E-state index in [1.807, 2.05) is 24.0 Å². The van der Waals surface area contributed by atoms with E-state index < -0.39 is 6.04 Å². The number of hydrogen-bond acceptors (Lipinski definition) is 5. The van der Waals surface area contributed by atoms with Crippen LogP contribution in [0.4, 0.5) is 0 Å². The summed E-state index contributed by atoms with van der Waals surface area (Å²) in [6, 6.07) is 13.8. The maximum Gasteiger partial charge on any atom is 0.254 e. The van der Waals surface area contributed by atoms with E-state index in [1.165, 1.54) is 0 Å². The molecule has 2 atom stereocenters. The lowest BCUT2D eigenvalue weighted by atomic mass is 9.91. The van der Waals surface area contributed by atoms with Crippen molar-refractivity contribution in [3.05, 3.63) is 65.2 Å². The first kappa shape index (κ1) is 28.6. The maximum absolute atomic E-state index is 13.7. The van der Waals surface area contributed by atoms with Crippen LogP contribution in [0.25, 0.3) is 0 Å². The van der Waals surface area contributed by atoms with Crippen molar-refractivity contribution in [2.45, 2.75) is 77.0 Å². The number of methoxy groups -OCH3 is 1. The van der Waals surface area contributed by atoms with Gasteiger partial charge in [-0.15, -0.1) is 0 Å². The number of nitrogens with two attached hydrogens (primary N) is 1. The van der Waals surface area contributed by atoms with Gasteiger partial charge in [-0.2, -0.15) is 0 Å². The molecular weight excluding hydrogens is 492 g/mol. The Morgan fingerprint density at radius 1 is 1.00 bits per heavy atom. The fraction of sp³-hybridized carbons (Fsp3) is 0.516. The minimum Gasteiger partial charge on any atom is -0.497 e. The molecule has 2 fully saturated rings. The average molecular weight is 535 g/mol. The highest BCUT2D eigenvalue weighted by Gasteiger charge is 2.44. The standard InChI is InChI=1S/C31H42N4O4/c1-20(2)18-34(30(37)23-9-15-27(39-4)16-10-23)26-17-28(29(36)33-25-13-11-24(32)12-14-25)35(19-26)31(38)22-7-5-21(3)6-8-22/h5-10,15-16,20,24-26,28H,11-14,17-19,32H2,1-4H3,(H,33,36). The summed E-state index contributed by atoms with van der Waals surface area (Å²) >= 11 is 0. The van der Waals surface area contributed by atoms with E-state index in [9.17, 15) is 14.4 Å². The summed E-state index contributed by atoms with van der Waals surface area (Å²) in [7, 11) is 1.59. The Balaban J connectivity index is 1.60. The Hall–Kier alpha value is -3.39. The molecule has 39 heavy (non-hydrogen) atoms. The fourth-order valence-electron chi connectivity index (χ4n) is 5.63. The van der Waals surface area contributed by atoms with Crippen LogP contribution < -0.4 is 15.8 Å². The van der Waals surface area contributed by atoms with E-state index in [1.54, 1.807) is 48.4 Å². The fourth-order valence-corrected chi connectivity index (χ4v) is 5.63. The molecule has 8 heteroatoms. The molecule has 3 amide bonds. The Morgan fingerprint density at radius 2 is 1.62 bits per heavy atom. The molecule has 2 aromatic rings. The van der Waals surface area contributed by atoms with Gasteiger partial charge in [-0.3, -0.25) is 14.4 Å². The topological polar surface area (TPSA) is 105 Å². The van der Waals surface area contributed by atoms with E-state index in [2.05, 4.69) is 19.2 Å². The molecule has 8 nitrogen and oxygen atoms in total. The number of aryl methyl sites for hydroxylation is 1. The van der Waals surface area contributed by atoms with Crippen molar-refractivity contribution >= 4 is 17.7 Å². The Labute approximate surface area is 231 Å².